The zero-order chi connectivity index (χ0) is 23.3. The number of benzene rings is 1. The summed E-state index contributed by atoms with van der Waals surface area (Å²) in [5, 5.41) is 8.16. The average molecular weight is 463 g/mol. The quantitative estimate of drug-likeness (QED) is 0.346. The van der Waals surface area contributed by atoms with Gasteiger partial charge in [-0.25, -0.2) is 4.68 Å². The summed E-state index contributed by atoms with van der Waals surface area (Å²) in [6.45, 7) is 11.7. The second-order valence-corrected chi connectivity index (χ2v) is 8.92. The van der Waals surface area contributed by atoms with Gasteiger partial charge in [0.05, 0.1) is 0 Å². The second kappa shape index (κ2) is 14.2. The van der Waals surface area contributed by atoms with E-state index in [2.05, 4.69) is 36.1 Å². The van der Waals surface area contributed by atoms with Crippen LogP contribution in [-0.4, -0.2) is 46.3 Å². The molecule has 2 aromatic rings. The fraction of sp³-hybridized carbons (Fsp3) is 0.600. The normalized spacial score (nSPS) is 12.2. The third-order valence-corrected chi connectivity index (χ3v) is 5.86. The number of aryl methyl sites for hydroxylation is 1. The predicted molar refractivity (Wildman–Crippen MR) is 131 cm³/mol. The first kappa shape index (κ1) is 26.2. The highest BCUT2D eigenvalue weighted by Crippen LogP contribution is 2.21. The lowest BCUT2D eigenvalue weighted by molar-refractivity contribution is 0.0921. The number of rotatable bonds is 15. The van der Waals surface area contributed by atoms with Gasteiger partial charge in [-0.3, -0.25) is 4.79 Å². The van der Waals surface area contributed by atoms with Crippen LogP contribution in [-0.2, 0) is 6.73 Å². The van der Waals surface area contributed by atoms with Crippen LogP contribution in [0.25, 0.3) is 0 Å². The number of carbonyl (C=O) groups excluding carboxylic acids is 1. The fourth-order valence-corrected chi connectivity index (χ4v) is 3.72. The number of amides is 1. The number of aromatic nitrogens is 2. The Morgan fingerprint density at radius 1 is 1.16 bits per heavy atom. The van der Waals surface area contributed by atoms with Crippen LogP contribution < -0.4 is 10.1 Å². The molecule has 2 rings (SSSR count). The third kappa shape index (κ3) is 9.21. The Morgan fingerprint density at radius 3 is 2.47 bits per heavy atom. The van der Waals surface area contributed by atoms with Crippen LogP contribution in [0.3, 0.4) is 0 Å². The average Bonchev–Trinajstić information content (AvgIpc) is 3.24. The van der Waals surface area contributed by atoms with Crippen LogP contribution >= 0.6 is 11.6 Å². The Bertz CT molecular complexity index is 814. The van der Waals surface area contributed by atoms with E-state index in [-0.39, 0.29) is 18.7 Å². The minimum atomic E-state index is -0.152. The predicted octanol–water partition coefficient (Wildman–Crippen LogP) is 5.68. The molecule has 0 saturated heterocycles. The van der Waals surface area contributed by atoms with Crippen molar-refractivity contribution in [1.82, 2.24) is 20.0 Å². The molecule has 1 aromatic carbocycles. The number of hydrogen-bond donors (Lipinski definition) is 1. The molecule has 6 nitrogen and oxygen atoms in total. The molecule has 1 unspecified atom stereocenters. The van der Waals surface area contributed by atoms with Crippen LogP contribution in [0.15, 0.2) is 30.5 Å². The molecule has 0 spiro atoms. The molecule has 178 valence electrons. The van der Waals surface area contributed by atoms with Crippen molar-refractivity contribution in [3.05, 3.63) is 46.7 Å². The van der Waals surface area contributed by atoms with E-state index in [1.807, 2.05) is 25.1 Å². The van der Waals surface area contributed by atoms with Crippen molar-refractivity contribution in [2.24, 2.45) is 0 Å². The lowest BCUT2D eigenvalue weighted by Crippen LogP contribution is -2.42. The van der Waals surface area contributed by atoms with Crippen LogP contribution in [0.1, 0.15) is 75.3 Å². The Kier molecular flexibility index (Phi) is 11.6. The van der Waals surface area contributed by atoms with Crippen LogP contribution in [0.2, 0.25) is 5.02 Å². The maximum absolute atomic E-state index is 12.7. The van der Waals surface area contributed by atoms with Gasteiger partial charge in [-0.15, -0.1) is 0 Å². The van der Waals surface area contributed by atoms with E-state index in [9.17, 15) is 4.79 Å². The summed E-state index contributed by atoms with van der Waals surface area (Å²) in [5.74, 6) is 0.564. The zero-order valence-corrected chi connectivity index (χ0v) is 20.8. The maximum Gasteiger partial charge on any atom is 0.272 e. The van der Waals surface area contributed by atoms with Crippen molar-refractivity contribution < 1.29 is 9.53 Å². The molecule has 0 aliphatic rings. The minimum absolute atomic E-state index is 0.0594. The highest BCUT2D eigenvalue weighted by Gasteiger charge is 2.15. The van der Waals surface area contributed by atoms with E-state index in [0.717, 1.165) is 25.2 Å². The number of halogens is 1. The molecule has 1 aromatic heterocycles. The van der Waals surface area contributed by atoms with Gasteiger partial charge in [-0.2, -0.15) is 5.10 Å². The van der Waals surface area contributed by atoms with E-state index < -0.39 is 0 Å². The fourth-order valence-electron chi connectivity index (χ4n) is 3.60. The molecular formula is C25H39ClN4O2. The Morgan fingerprint density at radius 2 is 1.84 bits per heavy atom. The third-order valence-electron chi connectivity index (χ3n) is 5.43. The first-order valence-electron chi connectivity index (χ1n) is 11.9. The van der Waals surface area contributed by atoms with Crippen molar-refractivity contribution >= 4 is 17.5 Å². The molecule has 1 atom stereocenters. The van der Waals surface area contributed by atoms with Gasteiger partial charge in [-0.1, -0.05) is 51.1 Å². The number of hydrogen-bond acceptors (Lipinski definition) is 4. The molecule has 1 amide bonds. The second-order valence-electron chi connectivity index (χ2n) is 8.51. The maximum atomic E-state index is 12.7. The summed E-state index contributed by atoms with van der Waals surface area (Å²) in [6.07, 6.45) is 9.12. The molecule has 0 saturated carbocycles. The van der Waals surface area contributed by atoms with E-state index in [1.165, 1.54) is 38.5 Å². The van der Waals surface area contributed by atoms with Gasteiger partial charge in [-0.05, 0) is 69.6 Å². The number of nitrogens with one attached hydrogen (secondary N) is 1. The Hall–Kier alpha value is -2.05. The molecule has 0 aliphatic carbocycles. The van der Waals surface area contributed by atoms with Gasteiger partial charge in [0, 0.05) is 23.8 Å². The highest BCUT2D eigenvalue weighted by atomic mass is 35.5. The van der Waals surface area contributed by atoms with Gasteiger partial charge in [0.25, 0.3) is 5.91 Å². The van der Waals surface area contributed by atoms with E-state index in [0.29, 0.717) is 16.5 Å². The highest BCUT2D eigenvalue weighted by molar-refractivity contribution is 6.31. The molecule has 1 heterocycles. The number of carbonyl (C=O) groups is 1. The van der Waals surface area contributed by atoms with Gasteiger partial charge < -0.3 is 15.0 Å². The molecule has 0 radical (unpaired) electrons. The topological polar surface area (TPSA) is 59.4 Å². The molecule has 0 aliphatic heterocycles. The van der Waals surface area contributed by atoms with Gasteiger partial charge in [0.15, 0.2) is 6.73 Å². The lowest BCUT2D eigenvalue weighted by Gasteiger charge is -2.26. The Labute approximate surface area is 198 Å². The van der Waals surface area contributed by atoms with Crippen molar-refractivity contribution in [1.29, 1.82) is 0 Å². The molecule has 0 bridgehead atoms. The monoisotopic (exact) mass is 462 g/mol. The summed E-state index contributed by atoms with van der Waals surface area (Å²) < 4.78 is 7.37. The van der Waals surface area contributed by atoms with Crippen molar-refractivity contribution in [2.75, 3.05) is 19.6 Å². The van der Waals surface area contributed by atoms with E-state index >= 15 is 0 Å². The van der Waals surface area contributed by atoms with Crippen molar-refractivity contribution in [3.8, 4) is 5.75 Å². The van der Waals surface area contributed by atoms with E-state index in [1.54, 1.807) is 16.9 Å². The van der Waals surface area contributed by atoms with Crippen molar-refractivity contribution in [2.45, 2.75) is 79.0 Å². The van der Waals surface area contributed by atoms with Gasteiger partial charge >= 0.3 is 0 Å². The largest absolute Gasteiger partial charge is 0.471 e. The Balaban J connectivity index is 1.83. The molecule has 32 heavy (non-hydrogen) atoms. The van der Waals surface area contributed by atoms with Gasteiger partial charge in [0.1, 0.15) is 11.4 Å². The molecule has 7 heteroatoms. The lowest BCUT2D eigenvalue weighted by atomic mass is 10.2. The number of nitrogens with zero attached hydrogens (tertiary/aromatic N) is 3. The minimum Gasteiger partial charge on any atom is -0.471 e. The van der Waals surface area contributed by atoms with Crippen LogP contribution in [0, 0.1) is 6.92 Å². The first-order chi connectivity index (χ1) is 15.4. The summed E-state index contributed by atoms with van der Waals surface area (Å²) in [7, 11) is 0. The molecular weight excluding hydrogens is 424 g/mol. The summed E-state index contributed by atoms with van der Waals surface area (Å²) in [4.78, 5) is 15.1. The number of unbranched alkanes of at least 4 members (excludes halogenated alkanes) is 4. The molecule has 1 N–H and O–H groups in total. The first-order valence-corrected chi connectivity index (χ1v) is 12.3. The number of ether oxygens (including phenoxy) is 1. The van der Waals surface area contributed by atoms with Crippen molar-refractivity contribution in [3.63, 3.8) is 0 Å². The summed E-state index contributed by atoms with van der Waals surface area (Å²) >= 11 is 6.05. The molecule has 0 fully saturated rings. The zero-order valence-electron chi connectivity index (χ0n) is 20.1. The van der Waals surface area contributed by atoms with Crippen LogP contribution in [0.5, 0.6) is 5.75 Å². The van der Waals surface area contributed by atoms with Gasteiger partial charge in [0.2, 0.25) is 0 Å². The standard InChI is InChI=1S/C25H39ClN4O2/c1-5-7-9-14-29(15-10-8-6-2)18-21(4)27-25(31)24-13-16-30(28-24)19-32-22-11-12-23(26)20(3)17-22/h11-13,16-17,21H,5-10,14-15,18-19H2,1-4H3,(H,27,31). The SMILES string of the molecule is CCCCCN(CCCCC)CC(C)NC(=O)c1ccn(COc2ccc(Cl)c(C)c2)n1. The summed E-state index contributed by atoms with van der Waals surface area (Å²) in [6, 6.07) is 7.29. The van der Waals surface area contributed by atoms with Crippen LogP contribution in [0.4, 0.5) is 0 Å². The smallest absolute Gasteiger partial charge is 0.272 e. The van der Waals surface area contributed by atoms with E-state index in [4.69, 9.17) is 16.3 Å². The summed E-state index contributed by atoms with van der Waals surface area (Å²) in [5.41, 5.74) is 1.35.